The van der Waals surface area contributed by atoms with Gasteiger partial charge in [-0.25, -0.2) is 0 Å². The third-order valence-electron chi connectivity index (χ3n) is 5.82. The molecular weight excluding hydrogens is 368 g/mol. The van der Waals surface area contributed by atoms with Gasteiger partial charge in [-0.15, -0.1) is 12.4 Å². The summed E-state index contributed by atoms with van der Waals surface area (Å²) in [5.74, 6) is 1.15. The Balaban J connectivity index is 0.00000364. The van der Waals surface area contributed by atoms with Crippen LogP contribution in [-0.2, 0) is 9.53 Å². The fourth-order valence-electron chi connectivity index (χ4n) is 3.69. The van der Waals surface area contributed by atoms with Gasteiger partial charge in [-0.3, -0.25) is 4.79 Å². The predicted molar refractivity (Wildman–Crippen MR) is 109 cm³/mol. The molecule has 1 fully saturated rings. The second kappa shape index (κ2) is 8.67. The number of nitrogens with two attached hydrogens (primary N) is 1. The van der Waals surface area contributed by atoms with Crippen LogP contribution >= 0.6 is 12.4 Å². The maximum Gasteiger partial charge on any atom is 0.241 e. The highest BCUT2D eigenvalue weighted by atomic mass is 35.5. The van der Waals surface area contributed by atoms with Crippen molar-refractivity contribution in [2.45, 2.75) is 58.7 Å². The fourth-order valence-corrected chi connectivity index (χ4v) is 3.69. The van der Waals surface area contributed by atoms with Crippen molar-refractivity contribution in [3.63, 3.8) is 0 Å². The lowest BCUT2D eigenvalue weighted by atomic mass is 9.54. The zero-order valence-electron chi connectivity index (χ0n) is 17.3. The SMILES string of the molecule is CCOC1CC(N)(C(=O)NC(C)c2cc(OC)c(OC)cc2C)C1(C)C.Cl. The monoisotopic (exact) mass is 400 g/mol. The predicted octanol–water partition coefficient (Wildman–Crippen LogP) is 3.14. The normalized spacial score (nSPS) is 24.2. The van der Waals surface area contributed by atoms with Gasteiger partial charge in [-0.2, -0.15) is 0 Å². The largest absolute Gasteiger partial charge is 0.493 e. The van der Waals surface area contributed by atoms with E-state index < -0.39 is 11.0 Å². The van der Waals surface area contributed by atoms with Gasteiger partial charge in [-0.1, -0.05) is 13.8 Å². The van der Waals surface area contributed by atoms with Crippen LogP contribution in [-0.4, -0.2) is 38.4 Å². The number of amides is 1. The summed E-state index contributed by atoms with van der Waals surface area (Å²) in [7, 11) is 3.20. The Morgan fingerprint density at radius 2 is 1.85 bits per heavy atom. The van der Waals surface area contributed by atoms with E-state index in [1.807, 2.05) is 46.8 Å². The van der Waals surface area contributed by atoms with Crippen LogP contribution in [0, 0.1) is 12.3 Å². The summed E-state index contributed by atoms with van der Waals surface area (Å²) in [6, 6.07) is 3.61. The van der Waals surface area contributed by atoms with Crippen LogP contribution in [0.2, 0.25) is 0 Å². The number of methoxy groups -OCH3 is 2. The molecule has 1 aliphatic carbocycles. The molecule has 6 nitrogen and oxygen atoms in total. The molecule has 3 atom stereocenters. The van der Waals surface area contributed by atoms with E-state index in [2.05, 4.69) is 5.32 Å². The molecule has 27 heavy (non-hydrogen) atoms. The molecular formula is C20H33ClN2O4. The Labute approximate surface area is 168 Å². The topological polar surface area (TPSA) is 82.8 Å². The van der Waals surface area contributed by atoms with Crippen molar-refractivity contribution in [3.8, 4) is 11.5 Å². The first kappa shape index (κ1) is 23.5. The lowest BCUT2D eigenvalue weighted by molar-refractivity contribution is -0.171. The molecule has 0 aromatic heterocycles. The first-order valence-corrected chi connectivity index (χ1v) is 9.06. The highest BCUT2D eigenvalue weighted by molar-refractivity contribution is 5.89. The number of carbonyl (C=O) groups is 1. The lowest BCUT2D eigenvalue weighted by Gasteiger charge is -2.57. The number of hydrogen-bond donors (Lipinski definition) is 2. The van der Waals surface area contributed by atoms with Crippen molar-refractivity contribution in [1.29, 1.82) is 0 Å². The van der Waals surface area contributed by atoms with Crippen molar-refractivity contribution in [2.24, 2.45) is 11.1 Å². The number of aryl methyl sites for hydroxylation is 1. The maximum absolute atomic E-state index is 12.9. The molecule has 0 radical (unpaired) electrons. The van der Waals surface area contributed by atoms with Crippen LogP contribution in [0.3, 0.4) is 0 Å². The molecule has 1 aromatic rings. The summed E-state index contributed by atoms with van der Waals surface area (Å²) < 4.78 is 16.4. The zero-order chi connectivity index (χ0) is 19.7. The summed E-state index contributed by atoms with van der Waals surface area (Å²) in [5, 5.41) is 3.07. The van der Waals surface area contributed by atoms with Gasteiger partial charge in [0.25, 0.3) is 0 Å². The minimum absolute atomic E-state index is 0. The Bertz CT molecular complexity index is 680. The van der Waals surface area contributed by atoms with Crippen molar-refractivity contribution in [3.05, 3.63) is 23.3 Å². The van der Waals surface area contributed by atoms with Crippen LogP contribution in [0.15, 0.2) is 12.1 Å². The van der Waals surface area contributed by atoms with Gasteiger partial charge in [0.05, 0.1) is 26.4 Å². The maximum atomic E-state index is 12.9. The number of rotatable bonds is 7. The number of carbonyl (C=O) groups excluding carboxylic acids is 1. The molecule has 7 heteroatoms. The molecule has 0 bridgehead atoms. The molecule has 1 aromatic carbocycles. The molecule has 0 heterocycles. The molecule has 154 valence electrons. The second-order valence-electron chi connectivity index (χ2n) is 7.60. The summed E-state index contributed by atoms with van der Waals surface area (Å²) in [5.41, 5.74) is 7.10. The molecule has 1 amide bonds. The van der Waals surface area contributed by atoms with E-state index in [4.69, 9.17) is 19.9 Å². The molecule has 1 saturated carbocycles. The van der Waals surface area contributed by atoms with Crippen LogP contribution < -0.4 is 20.5 Å². The molecule has 1 aliphatic rings. The van der Waals surface area contributed by atoms with E-state index >= 15 is 0 Å². The number of nitrogens with one attached hydrogen (secondary N) is 1. The first-order valence-electron chi connectivity index (χ1n) is 9.06. The summed E-state index contributed by atoms with van der Waals surface area (Å²) in [4.78, 5) is 12.9. The van der Waals surface area contributed by atoms with Crippen molar-refractivity contribution in [2.75, 3.05) is 20.8 Å². The molecule has 0 saturated heterocycles. The third-order valence-corrected chi connectivity index (χ3v) is 5.82. The molecule has 2 rings (SSSR count). The minimum atomic E-state index is -0.939. The lowest BCUT2D eigenvalue weighted by Crippen LogP contribution is -2.75. The van der Waals surface area contributed by atoms with E-state index in [9.17, 15) is 4.79 Å². The smallest absolute Gasteiger partial charge is 0.241 e. The van der Waals surface area contributed by atoms with Crippen LogP contribution in [0.5, 0.6) is 11.5 Å². The van der Waals surface area contributed by atoms with Gasteiger partial charge in [0.15, 0.2) is 11.5 Å². The molecule has 0 spiro atoms. The molecule has 3 N–H and O–H groups in total. The summed E-state index contributed by atoms with van der Waals surface area (Å²) in [6.45, 7) is 10.5. The van der Waals surface area contributed by atoms with Crippen LogP contribution in [0.1, 0.15) is 51.3 Å². The first-order chi connectivity index (χ1) is 12.1. The Kier molecular flexibility index (Phi) is 7.56. The Morgan fingerprint density at radius 1 is 1.30 bits per heavy atom. The number of ether oxygens (including phenoxy) is 3. The van der Waals surface area contributed by atoms with Crippen molar-refractivity contribution in [1.82, 2.24) is 5.32 Å². The number of benzene rings is 1. The van der Waals surface area contributed by atoms with E-state index in [0.717, 1.165) is 11.1 Å². The van der Waals surface area contributed by atoms with E-state index in [-0.39, 0.29) is 30.5 Å². The summed E-state index contributed by atoms with van der Waals surface area (Å²) >= 11 is 0. The Hall–Kier alpha value is -1.50. The average Bonchev–Trinajstić information content (AvgIpc) is 2.60. The van der Waals surface area contributed by atoms with Crippen molar-refractivity contribution < 1.29 is 19.0 Å². The van der Waals surface area contributed by atoms with E-state index in [0.29, 0.717) is 24.5 Å². The third kappa shape index (κ3) is 4.03. The highest BCUT2D eigenvalue weighted by Crippen LogP contribution is 2.50. The standard InChI is InChI=1S/C20H32N2O4.ClH/c1-8-26-17-11-20(21,19(17,4)5)18(23)22-13(3)14-10-16(25-7)15(24-6)9-12(14)2;/h9-10,13,17H,8,11,21H2,1-7H3,(H,22,23);1H. The van der Waals surface area contributed by atoms with Gasteiger partial charge in [0, 0.05) is 18.4 Å². The molecule has 0 aliphatic heterocycles. The summed E-state index contributed by atoms with van der Waals surface area (Å²) in [6.07, 6.45) is 0.526. The van der Waals surface area contributed by atoms with Crippen LogP contribution in [0.25, 0.3) is 0 Å². The molecule has 3 unspecified atom stereocenters. The minimum Gasteiger partial charge on any atom is -0.493 e. The van der Waals surface area contributed by atoms with Crippen LogP contribution in [0.4, 0.5) is 0 Å². The van der Waals surface area contributed by atoms with Gasteiger partial charge in [0.1, 0.15) is 5.54 Å². The number of hydrogen-bond acceptors (Lipinski definition) is 5. The highest BCUT2D eigenvalue weighted by Gasteiger charge is 2.62. The van der Waals surface area contributed by atoms with E-state index in [1.54, 1.807) is 14.2 Å². The quantitative estimate of drug-likeness (QED) is 0.734. The van der Waals surface area contributed by atoms with Gasteiger partial charge in [-0.05, 0) is 44.0 Å². The number of halogens is 1. The fraction of sp³-hybridized carbons (Fsp3) is 0.650. The zero-order valence-corrected chi connectivity index (χ0v) is 18.2. The van der Waals surface area contributed by atoms with Crippen molar-refractivity contribution >= 4 is 18.3 Å². The van der Waals surface area contributed by atoms with Gasteiger partial charge < -0.3 is 25.3 Å². The Morgan fingerprint density at radius 3 is 2.33 bits per heavy atom. The van der Waals surface area contributed by atoms with Gasteiger partial charge >= 0.3 is 0 Å². The van der Waals surface area contributed by atoms with Gasteiger partial charge in [0.2, 0.25) is 5.91 Å². The van der Waals surface area contributed by atoms with E-state index in [1.165, 1.54) is 0 Å². The second-order valence-corrected chi connectivity index (χ2v) is 7.60. The average molecular weight is 401 g/mol.